The van der Waals surface area contributed by atoms with Gasteiger partial charge in [-0.05, 0) is 53.8 Å². The van der Waals surface area contributed by atoms with Gasteiger partial charge in [-0.15, -0.1) is 0 Å². The molecule has 36 heavy (non-hydrogen) atoms. The number of carbonyl (C=O) groups is 2. The molecule has 0 unspecified atom stereocenters. The number of likely N-dealkylation sites (tertiary alicyclic amines) is 1. The number of nitrogen functional groups attached to an aromatic ring is 1. The van der Waals surface area contributed by atoms with E-state index < -0.39 is 34.0 Å². The number of rotatable bonds is 8. The topological polar surface area (TPSA) is 143 Å². The molecule has 2 atom stereocenters. The number of amidine groups is 1. The van der Waals surface area contributed by atoms with Crippen LogP contribution in [-0.4, -0.2) is 56.8 Å². The number of ether oxygens (including phenoxy) is 1. The maximum absolute atomic E-state index is 13.6. The number of sulfonamides is 1. The molecule has 0 aromatic heterocycles. The summed E-state index contributed by atoms with van der Waals surface area (Å²) < 4.78 is 34.3. The number of hydrogen-bond donors (Lipinski definition) is 3. The summed E-state index contributed by atoms with van der Waals surface area (Å²) in [5.74, 6) is -1.18. The first-order chi connectivity index (χ1) is 17.2. The zero-order valence-corrected chi connectivity index (χ0v) is 20.6. The van der Waals surface area contributed by atoms with Gasteiger partial charge < -0.3 is 15.4 Å². The summed E-state index contributed by atoms with van der Waals surface area (Å²) in [4.78, 5) is 27.3. The second kappa shape index (κ2) is 10.5. The van der Waals surface area contributed by atoms with Gasteiger partial charge in [0.25, 0.3) is 0 Å². The van der Waals surface area contributed by atoms with Crippen LogP contribution in [0.25, 0.3) is 10.8 Å². The van der Waals surface area contributed by atoms with Crippen molar-refractivity contribution in [3.63, 3.8) is 0 Å². The third kappa shape index (κ3) is 5.39. The zero-order chi connectivity index (χ0) is 25.9. The van der Waals surface area contributed by atoms with Crippen molar-refractivity contribution in [3.05, 3.63) is 77.9 Å². The summed E-state index contributed by atoms with van der Waals surface area (Å²) in [6.07, 6.45) is 1.06. The number of esters is 1. The average molecular weight is 509 g/mol. The van der Waals surface area contributed by atoms with Crippen LogP contribution in [0.5, 0.6) is 0 Å². The van der Waals surface area contributed by atoms with E-state index in [0.29, 0.717) is 30.5 Å². The Morgan fingerprint density at radius 3 is 2.58 bits per heavy atom. The highest BCUT2D eigenvalue weighted by atomic mass is 32.2. The van der Waals surface area contributed by atoms with Crippen LogP contribution in [0.3, 0.4) is 0 Å². The van der Waals surface area contributed by atoms with E-state index in [4.69, 9.17) is 15.9 Å². The Kier molecular flexibility index (Phi) is 7.37. The van der Waals surface area contributed by atoms with Gasteiger partial charge in [-0.2, -0.15) is 4.72 Å². The van der Waals surface area contributed by atoms with Crippen molar-refractivity contribution >= 4 is 38.5 Å². The molecule has 3 aromatic carbocycles. The number of nitrogens with zero attached hydrogens (tertiary/aromatic N) is 1. The van der Waals surface area contributed by atoms with Gasteiger partial charge in [0.15, 0.2) is 0 Å². The normalized spacial score (nSPS) is 16.6. The van der Waals surface area contributed by atoms with E-state index in [1.165, 1.54) is 18.1 Å². The number of benzene rings is 3. The average Bonchev–Trinajstić information content (AvgIpc) is 3.37. The van der Waals surface area contributed by atoms with Crippen LogP contribution in [0.2, 0.25) is 0 Å². The fourth-order valence-corrected chi connectivity index (χ4v) is 5.71. The van der Waals surface area contributed by atoms with Crippen LogP contribution in [0, 0.1) is 5.41 Å². The third-order valence-electron chi connectivity index (χ3n) is 6.31. The molecule has 188 valence electrons. The molecule has 3 aromatic rings. The Morgan fingerprint density at radius 2 is 1.86 bits per heavy atom. The highest BCUT2D eigenvalue weighted by Crippen LogP contribution is 2.23. The van der Waals surface area contributed by atoms with Crippen LogP contribution in [0.1, 0.15) is 24.0 Å². The molecule has 4 rings (SSSR count). The molecule has 0 bridgehead atoms. The summed E-state index contributed by atoms with van der Waals surface area (Å²) in [7, 11) is -2.84. The van der Waals surface area contributed by atoms with Crippen LogP contribution in [0.4, 0.5) is 0 Å². The summed E-state index contributed by atoms with van der Waals surface area (Å²) in [6, 6.07) is 16.9. The first kappa shape index (κ1) is 25.3. The molecule has 0 spiro atoms. The van der Waals surface area contributed by atoms with Crippen LogP contribution in [-0.2, 0) is 30.8 Å². The van der Waals surface area contributed by atoms with Crippen molar-refractivity contribution < 1.29 is 22.7 Å². The van der Waals surface area contributed by atoms with Gasteiger partial charge in [0, 0.05) is 12.1 Å². The number of amides is 1. The lowest BCUT2D eigenvalue weighted by Crippen LogP contribution is -2.52. The minimum Gasteiger partial charge on any atom is -0.467 e. The SMILES string of the molecule is COC(=O)[C@@H]1CCCN1C(=O)[C@H](Cc1cccc(C(=N)N)c1)NS(=O)(=O)c1ccc2ccccc2c1. The Balaban J connectivity index is 1.68. The van der Waals surface area contributed by atoms with Crippen molar-refractivity contribution in [2.75, 3.05) is 13.7 Å². The lowest BCUT2D eigenvalue weighted by atomic mass is 10.0. The second-order valence-corrected chi connectivity index (χ2v) is 10.4. The molecule has 1 fully saturated rings. The molecule has 1 aliphatic heterocycles. The maximum atomic E-state index is 13.6. The molecule has 9 nitrogen and oxygen atoms in total. The summed E-state index contributed by atoms with van der Waals surface area (Å²) in [5, 5.41) is 9.34. The second-order valence-electron chi connectivity index (χ2n) is 8.71. The highest BCUT2D eigenvalue weighted by molar-refractivity contribution is 7.89. The largest absolute Gasteiger partial charge is 0.467 e. The third-order valence-corrected chi connectivity index (χ3v) is 7.78. The van der Waals surface area contributed by atoms with E-state index in [1.807, 2.05) is 24.3 Å². The fraction of sp³-hybridized carbons (Fsp3) is 0.269. The Morgan fingerprint density at radius 1 is 1.11 bits per heavy atom. The predicted molar refractivity (Wildman–Crippen MR) is 136 cm³/mol. The van der Waals surface area contributed by atoms with Gasteiger partial charge in [0.05, 0.1) is 12.0 Å². The summed E-state index contributed by atoms with van der Waals surface area (Å²) >= 11 is 0. The maximum Gasteiger partial charge on any atom is 0.328 e. The van der Waals surface area contributed by atoms with E-state index in [0.717, 1.165) is 10.8 Å². The minimum absolute atomic E-state index is 0.0111. The first-order valence-corrected chi connectivity index (χ1v) is 13.0. The number of fused-ring (bicyclic) bond motifs is 1. The Labute approximate surface area is 209 Å². The molecule has 4 N–H and O–H groups in total. The van der Waals surface area contributed by atoms with Gasteiger partial charge in [-0.1, -0.05) is 48.5 Å². The van der Waals surface area contributed by atoms with Crippen LogP contribution >= 0.6 is 0 Å². The van der Waals surface area contributed by atoms with Gasteiger partial charge >= 0.3 is 5.97 Å². The molecule has 10 heteroatoms. The highest BCUT2D eigenvalue weighted by Gasteiger charge is 2.39. The number of nitrogens with two attached hydrogens (primary N) is 1. The van der Waals surface area contributed by atoms with E-state index in [1.54, 1.807) is 36.4 Å². The minimum atomic E-state index is -4.10. The quantitative estimate of drug-likeness (QED) is 0.242. The van der Waals surface area contributed by atoms with E-state index in [9.17, 15) is 18.0 Å². The molecule has 1 aliphatic rings. The molecule has 1 heterocycles. The molecule has 1 amide bonds. The lowest BCUT2D eigenvalue weighted by molar-refractivity contribution is -0.151. The number of hydrogen-bond acceptors (Lipinski definition) is 6. The van der Waals surface area contributed by atoms with E-state index in [2.05, 4.69) is 4.72 Å². The van der Waals surface area contributed by atoms with Gasteiger partial charge in [0.2, 0.25) is 15.9 Å². The van der Waals surface area contributed by atoms with Crippen molar-refractivity contribution in [2.45, 2.75) is 36.2 Å². The van der Waals surface area contributed by atoms with Crippen LogP contribution < -0.4 is 10.5 Å². The van der Waals surface area contributed by atoms with Gasteiger partial charge in [-0.25, -0.2) is 13.2 Å². The first-order valence-electron chi connectivity index (χ1n) is 11.5. The number of carbonyl (C=O) groups excluding carboxylic acids is 2. The summed E-state index contributed by atoms with van der Waals surface area (Å²) in [6.45, 7) is 0.320. The number of nitrogens with one attached hydrogen (secondary N) is 2. The van der Waals surface area contributed by atoms with Crippen molar-refractivity contribution in [1.29, 1.82) is 5.41 Å². The fourth-order valence-electron chi connectivity index (χ4n) is 4.48. The van der Waals surface area contributed by atoms with E-state index >= 15 is 0 Å². The Bertz CT molecular complexity index is 1420. The predicted octanol–water partition coefficient (Wildman–Crippen LogP) is 2.18. The molecule has 0 saturated carbocycles. The molecular formula is C26H28N4O5S. The number of methoxy groups -OCH3 is 1. The lowest BCUT2D eigenvalue weighted by Gasteiger charge is -2.28. The van der Waals surface area contributed by atoms with Gasteiger partial charge in [-0.3, -0.25) is 10.2 Å². The molecule has 0 aliphatic carbocycles. The smallest absolute Gasteiger partial charge is 0.328 e. The zero-order valence-electron chi connectivity index (χ0n) is 19.8. The van der Waals surface area contributed by atoms with Crippen molar-refractivity contribution in [1.82, 2.24) is 9.62 Å². The molecular weight excluding hydrogens is 480 g/mol. The van der Waals surface area contributed by atoms with Crippen molar-refractivity contribution in [2.24, 2.45) is 5.73 Å². The summed E-state index contributed by atoms with van der Waals surface area (Å²) in [5.41, 5.74) is 6.69. The molecule has 0 radical (unpaired) electrons. The van der Waals surface area contributed by atoms with Gasteiger partial charge in [0.1, 0.15) is 17.9 Å². The van der Waals surface area contributed by atoms with Crippen LogP contribution in [0.15, 0.2) is 71.6 Å². The Hall–Kier alpha value is -3.76. The van der Waals surface area contributed by atoms with Crippen molar-refractivity contribution in [3.8, 4) is 0 Å². The standard InChI is InChI=1S/C26H28N4O5S/c1-35-26(32)23-10-5-13-30(23)25(31)22(15-17-6-4-9-20(14-17)24(27)28)29-36(33,34)21-12-11-18-7-2-3-8-19(18)16-21/h2-4,6-9,11-12,14,16,22-23,29H,5,10,13,15H2,1H3,(H3,27,28)/t22-,23-/m0/s1. The molecule has 1 saturated heterocycles. The monoisotopic (exact) mass is 508 g/mol. The van der Waals surface area contributed by atoms with E-state index in [-0.39, 0.29) is 17.2 Å².